The summed E-state index contributed by atoms with van der Waals surface area (Å²) in [6, 6.07) is 5.36. The van der Waals surface area contributed by atoms with E-state index >= 15 is 0 Å². The topological polar surface area (TPSA) is 67.8 Å². The molecule has 0 unspecified atom stereocenters. The first-order valence-corrected chi connectivity index (χ1v) is 8.12. The minimum absolute atomic E-state index is 0.112. The Morgan fingerprint density at radius 1 is 1.25 bits per heavy atom. The maximum absolute atomic E-state index is 11.3. The largest absolute Gasteiger partial charge is 0.508 e. The number of aryl methyl sites for hydroxylation is 1. The van der Waals surface area contributed by atoms with Crippen molar-refractivity contribution in [2.75, 3.05) is 6.54 Å². The molecule has 0 aromatic heterocycles. The van der Waals surface area contributed by atoms with E-state index in [1.54, 1.807) is 6.07 Å². The van der Waals surface area contributed by atoms with E-state index in [1.165, 1.54) is 6.92 Å². The molecule has 1 saturated heterocycles. The SMILES string of the molecule is CC(=O)NCC(=Cc1ccc(O)c(C)c1)B1OC(C)(C)C(C)(C)O1. The molecule has 0 aliphatic carbocycles. The van der Waals surface area contributed by atoms with Gasteiger partial charge in [-0.05, 0) is 63.4 Å². The highest BCUT2D eigenvalue weighted by molar-refractivity contribution is 6.56. The Kier molecular flexibility index (Phi) is 5.11. The van der Waals surface area contributed by atoms with Gasteiger partial charge in [0.1, 0.15) is 5.75 Å². The number of carbonyl (C=O) groups is 1. The Labute approximate surface area is 144 Å². The third-order valence-corrected chi connectivity index (χ3v) is 4.67. The maximum atomic E-state index is 11.3. The summed E-state index contributed by atoms with van der Waals surface area (Å²) in [6.45, 7) is 11.6. The summed E-state index contributed by atoms with van der Waals surface area (Å²) in [7, 11) is -0.532. The van der Waals surface area contributed by atoms with Crippen LogP contribution in [0.1, 0.15) is 45.7 Å². The van der Waals surface area contributed by atoms with Gasteiger partial charge in [-0.3, -0.25) is 4.79 Å². The minimum atomic E-state index is -0.532. The number of benzene rings is 1. The third-order valence-electron chi connectivity index (χ3n) is 4.67. The van der Waals surface area contributed by atoms with Gasteiger partial charge in [0, 0.05) is 13.5 Å². The summed E-state index contributed by atoms with van der Waals surface area (Å²) in [6.07, 6.45) is 1.94. The summed E-state index contributed by atoms with van der Waals surface area (Å²) >= 11 is 0. The quantitative estimate of drug-likeness (QED) is 0.833. The summed E-state index contributed by atoms with van der Waals surface area (Å²) in [5, 5.41) is 12.5. The summed E-state index contributed by atoms with van der Waals surface area (Å²) in [4.78, 5) is 11.3. The van der Waals surface area contributed by atoms with E-state index in [9.17, 15) is 9.90 Å². The molecule has 0 saturated carbocycles. The van der Waals surface area contributed by atoms with Crippen LogP contribution < -0.4 is 5.32 Å². The van der Waals surface area contributed by atoms with Crippen molar-refractivity contribution in [3.05, 3.63) is 34.8 Å². The van der Waals surface area contributed by atoms with Gasteiger partial charge in [0.25, 0.3) is 0 Å². The van der Waals surface area contributed by atoms with Crippen LogP contribution in [0.3, 0.4) is 0 Å². The van der Waals surface area contributed by atoms with Gasteiger partial charge in [-0.15, -0.1) is 0 Å². The molecule has 1 aliphatic rings. The Bertz CT molecular complexity index is 651. The number of rotatable bonds is 4. The molecule has 0 radical (unpaired) electrons. The van der Waals surface area contributed by atoms with E-state index in [2.05, 4.69) is 5.32 Å². The van der Waals surface area contributed by atoms with Crippen LogP contribution in [0.15, 0.2) is 23.7 Å². The van der Waals surface area contributed by atoms with E-state index < -0.39 is 18.3 Å². The standard InChI is InChI=1S/C18H26BNO4/c1-12-9-14(7-8-16(12)22)10-15(11-20-13(2)21)19-23-17(3,4)18(5,6)24-19/h7-10,22H,11H2,1-6H3,(H,20,21). The molecule has 0 atom stereocenters. The molecule has 2 rings (SSSR count). The zero-order chi connectivity index (χ0) is 18.1. The van der Waals surface area contributed by atoms with Gasteiger partial charge in [0.15, 0.2) is 0 Å². The number of carbonyl (C=O) groups excluding carboxylic acids is 1. The van der Waals surface area contributed by atoms with Crippen LogP contribution in [0, 0.1) is 6.92 Å². The molecule has 1 heterocycles. The van der Waals surface area contributed by atoms with Crippen LogP contribution in [-0.2, 0) is 14.1 Å². The fourth-order valence-electron chi connectivity index (χ4n) is 2.41. The van der Waals surface area contributed by atoms with Crippen LogP contribution in [0.25, 0.3) is 6.08 Å². The number of amides is 1. The number of hydrogen-bond acceptors (Lipinski definition) is 4. The Hall–Kier alpha value is -1.79. The highest BCUT2D eigenvalue weighted by Gasteiger charge is 2.52. The molecular formula is C18H26BNO4. The van der Waals surface area contributed by atoms with Crippen molar-refractivity contribution in [3.8, 4) is 5.75 Å². The van der Waals surface area contributed by atoms with E-state index in [0.717, 1.165) is 16.6 Å². The van der Waals surface area contributed by atoms with Gasteiger partial charge in [0.2, 0.25) is 5.91 Å². The third kappa shape index (κ3) is 4.00. The van der Waals surface area contributed by atoms with Crippen LogP contribution in [0.5, 0.6) is 5.75 Å². The Morgan fingerprint density at radius 2 is 1.83 bits per heavy atom. The second kappa shape index (κ2) is 6.61. The Morgan fingerprint density at radius 3 is 2.33 bits per heavy atom. The first-order chi connectivity index (χ1) is 11.0. The van der Waals surface area contributed by atoms with Gasteiger partial charge in [-0.25, -0.2) is 0 Å². The fraction of sp³-hybridized carbons (Fsp3) is 0.500. The molecule has 0 spiro atoms. The van der Waals surface area contributed by atoms with Gasteiger partial charge in [-0.1, -0.05) is 12.1 Å². The molecule has 1 fully saturated rings. The summed E-state index contributed by atoms with van der Waals surface area (Å²) in [5.74, 6) is 0.144. The zero-order valence-corrected chi connectivity index (χ0v) is 15.3. The van der Waals surface area contributed by atoms with Gasteiger partial charge in [0.05, 0.1) is 11.2 Å². The number of phenolic OH excluding ortho intramolecular Hbond substituents is 1. The second-order valence-corrected chi connectivity index (χ2v) is 7.26. The summed E-state index contributed by atoms with van der Waals surface area (Å²) in [5.41, 5.74) is 1.64. The number of hydrogen-bond donors (Lipinski definition) is 2. The predicted molar refractivity (Wildman–Crippen MR) is 95.6 cm³/mol. The predicted octanol–water partition coefficient (Wildman–Crippen LogP) is 2.85. The molecule has 2 N–H and O–H groups in total. The Balaban J connectivity index is 2.33. The molecule has 5 nitrogen and oxygen atoms in total. The second-order valence-electron chi connectivity index (χ2n) is 7.26. The molecule has 24 heavy (non-hydrogen) atoms. The van der Waals surface area contributed by atoms with Gasteiger partial charge in [-0.2, -0.15) is 0 Å². The molecule has 0 bridgehead atoms. The van der Waals surface area contributed by atoms with E-state index in [-0.39, 0.29) is 11.7 Å². The van der Waals surface area contributed by atoms with Crippen molar-refractivity contribution >= 4 is 19.1 Å². The minimum Gasteiger partial charge on any atom is -0.508 e. The average molecular weight is 331 g/mol. The molecule has 6 heteroatoms. The lowest BCUT2D eigenvalue weighted by atomic mass is 9.77. The normalized spacial score (nSPS) is 19.4. The zero-order valence-electron chi connectivity index (χ0n) is 15.3. The van der Waals surface area contributed by atoms with Crippen LogP contribution >= 0.6 is 0 Å². The fourth-order valence-corrected chi connectivity index (χ4v) is 2.41. The maximum Gasteiger partial charge on any atom is 0.492 e. The number of nitrogens with one attached hydrogen (secondary N) is 1. The van der Waals surface area contributed by atoms with E-state index in [0.29, 0.717) is 6.54 Å². The van der Waals surface area contributed by atoms with Crippen molar-refractivity contribution in [3.63, 3.8) is 0 Å². The highest BCUT2D eigenvalue weighted by atomic mass is 16.7. The molecule has 1 aliphatic heterocycles. The van der Waals surface area contributed by atoms with Crippen LogP contribution in [-0.4, -0.2) is 35.9 Å². The van der Waals surface area contributed by atoms with Gasteiger partial charge < -0.3 is 19.7 Å². The molecule has 1 aromatic carbocycles. The van der Waals surface area contributed by atoms with Crippen molar-refractivity contribution in [1.29, 1.82) is 0 Å². The van der Waals surface area contributed by atoms with Gasteiger partial charge >= 0.3 is 7.12 Å². The monoisotopic (exact) mass is 331 g/mol. The number of aromatic hydroxyl groups is 1. The van der Waals surface area contributed by atoms with Crippen molar-refractivity contribution in [1.82, 2.24) is 5.32 Å². The van der Waals surface area contributed by atoms with Crippen molar-refractivity contribution in [2.45, 2.75) is 52.7 Å². The molecular weight excluding hydrogens is 305 g/mol. The first-order valence-electron chi connectivity index (χ1n) is 8.12. The number of phenols is 1. The van der Waals surface area contributed by atoms with Crippen LogP contribution in [0.4, 0.5) is 0 Å². The van der Waals surface area contributed by atoms with Crippen molar-refractivity contribution in [2.24, 2.45) is 0 Å². The van der Waals surface area contributed by atoms with Crippen LogP contribution in [0.2, 0.25) is 0 Å². The lowest BCUT2D eigenvalue weighted by Crippen LogP contribution is -2.41. The van der Waals surface area contributed by atoms with E-state index in [1.807, 2.05) is 52.8 Å². The van der Waals surface area contributed by atoms with E-state index in [4.69, 9.17) is 9.31 Å². The molecule has 1 aromatic rings. The van der Waals surface area contributed by atoms with Crippen molar-refractivity contribution < 1.29 is 19.2 Å². The first kappa shape index (κ1) is 18.6. The lowest BCUT2D eigenvalue weighted by molar-refractivity contribution is -0.118. The lowest BCUT2D eigenvalue weighted by Gasteiger charge is -2.32. The molecule has 130 valence electrons. The molecule has 1 amide bonds. The average Bonchev–Trinajstić information content (AvgIpc) is 2.67. The smallest absolute Gasteiger partial charge is 0.492 e. The highest BCUT2D eigenvalue weighted by Crippen LogP contribution is 2.38. The summed E-state index contributed by atoms with van der Waals surface area (Å²) < 4.78 is 12.2.